The molecule has 1 saturated heterocycles. The molecule has 1 aliphatic heterocycles. The Morgan fingerprint density at radius 2 is 1.93 bits per heavy atom. The zero-order chi connectivity index (χ0) is 21.0. The number of esters is 1. The van der Waals surface area contributed by atoms with Gasteiger partial charge in [0, 0.05) is 12.6 Å². The van der Waals surface area contributed by atoms with Crippen LogP contribution in [0.1, 0.15) is 31.2 Å². The highest BCUT2D eigenvalue weighted by Crippen LogP contribution is 2.40. The lowest BCUT2D eigenvalue weighted by Gasteiger charge is -2.42. The molecule has 2 aliphatic rings. The lowest BCUT2D eigenvalue weighted by Crippen LogP contribution is -2.54. The maximum atomic E-state index is 13.7. The highest BCUT2D eigenvalue weighted by atomic mass is 32.2. The third-order valence-electron chi connectivity index (χ3n) is 5.35. The average Bonchev–Trinajstić information content (AvgIpc) is 2.76. The molecule has 160 valence electrons. The lowest BCUT2D eigenvalue weighted by molar-refractivity contribution is -0.134. The topological polar surface area (TPSA) is 91.4 Å². The summed E-state index contributed by atoms with van der Waals surface area (Å²) in [5, 5.41) is 0. The molecule has 0 bridgehead atoms. The standard InChI is InChI=1S/C20H27NO7S/c1-25-17-12-14(8-9-19(22)26-2)13-18(20(17)27-3)29(23,24)21-10-11-28-16-7-5-4-6-15(16)21/h8-9,12-13,15-16H,4-7,10-11H2,1-3H3/b9-8+. The number of rotatable bonds is 6. The Bertz CT molecular complexity index is 879. The number of nitrogens with zero attached hydrogens (tertiary/aromatic N) is 1. The highest BCUT2D eigenvalue weighted by Gasteiger charge is 2.42. The van der Waals surface area contributed by atoms with Crippen molar-refractivity contribution in [2.75, 3.05) is 34.5 Å². The van der Waals surface area contributed by atoms with Gasteiger partial charge in [0.05, 0.1) is 40.1 Å². The van der Waals surface area contributed by atoms with Crippen LogP contribution in [-0.4, -0.2) is 65.3 Å². The number of sulfonamides is 1. The first-order chi connectivity index (χ1) is 13.9. The zero-order valence-electron chi connectivity index (χ0n) is 16.9. The normalized spacial score (nSPS) is 22.9. The molecule has 1 aliphatic carbocycles. The molecule has 3 rings (SSSR count). The fraction of sp³-hybridized carbons (Fsp3) is 0.550. The predicted octanol–water partition coefficient (Wildman–Crippen LogP) is 2.22. The smallest absolute Gasteiger partial charge is 0.330 e. The van der Waals surface area contributed by atoms with Crippen LogP contribution >= 0.6 is 0 Å². The summed E-state index contributed by atoms with van der Waals surface area (Å²) in [6.45, 7) is 0.652. The van der Waals surface area contributed by atoms with E-state index in [9.17, 15) is 13.2 Å². The van der Waals surface area contributed by atoms with Gasteiger partial charge in [-0.15, -0.1) is 0 Å². The van der Waals surface area contributed by atoms with Crippen molar-refractivity contribution in [3.8, 4) is 11.5 Å². The van der Waals surface area contributed by atoms with E-state index in [-0.39, 0.29) is 35.1 Å². The first-order valence-corrected chi connectivity index (χ1v) is 11.0. The van der Waals surface area contributed by atoms with Crippen molar-refractivity contribution < 1.29 is 32.2 Å². The summed E-state index contributed by atoms with van der Waals surface area (Å²) in [6, 6.07) is 2.91. The number of carbonyl (C=O) groups is 1. The Labute approximate surface area is 171 Å². The van der Waals surface area contributed by atoms with Crippen molar-refractivity contribution in [3.05, 3.63) is 23.8 Å². The van der Waals surface area contributed by atoms with Gasteiger partial charge >= 0.3 is 5.97 Å². The maximum absolute atomic E-state index is 13.7. The lowest BCUT2D eigenvalue weighted by atomic mass is 9.91. The second-order valence-electron chi connectivity index (χ2n) is 6.99. The van der Waals surface area contributed by atoms with Crippen LogP contribution < -0.4 is 9.47 Å². The number of fused-ring (bicyclic) bond motifs is 1. The minimum Gasteiger partial charge on any atom is -0.493 e. The molecule has 29 heavy (non-hydrogen) atoms. The molecule has 8 nitrogen and oxygen atoms in total. The molecule has 1 saturated carbocycles. The molecule has 0 spiro atoms. The van der Waals surface area contributed by atoms with Crippen molar-refractivity contribution in [3.63, 3.8) is 0 Å². The van der Waals surface area contributed by atoms with E-state index in [4.69, 9.17) is 14.2 Å². The zero-order valence-corrected chi connectivity index (χ0v) is 17.7. The minimum atomic E-state index is -3.88. The molecule has 0 radical (unpaired) electrons. The van der Waals surface area contributed by atoms with Crippen LogP contribution in [-0.2, 0) is 24.3 Å². The van der Waals surface area contributed by atoms with Crippen LogP contribution in [0.4, 0.5) is 0 Å². The van der Waals surface area contributed by atoms with Crippen LogP contribution in [0.3, 0.4) is 0 Å². The molecule has 2 unspecified atom stereocenters. The monoisotopic (exact) mass is 425 g/mol. The SMILES string of the molecule is COC(=O)/C=C/c1cc(OC)c(OC)c(S(=O)(=O)N2CCOC3CCCCC32)c1. The molecule has 2 fully saturated rings. The van der Waals surface area contributed by atoms with Gasteiger partial charge in [-0.3, -0.25) is 0 Å². The number of methoxy groups -OCH3 is 3. The first kappa shape index (κ1) is 21.6. The summed E-state index contributed by atoms with van der Waals surface area (Å²) in [5.74, 6) is -0.129. The Kier molecular flexibility index (Phi) is 6.81. The van der Waals surface area contributed by atoms with Crippen molar-refractivity contribution in [2.24, 2.45) is 0 Å². The van der Waals surface area contributed by atoms with E-state index in [0.29, 0.717) is 12.2 Å². The summed E-state index contributed by atoms with van der Waals surface area (Å²) in [5.41, 5.74) is 0.486. The summed E-state index contributed by atoms with van der Waals surface area (Å²) < 4.78 is 50.0. The van der Waals surface area contributed by atoms with Crippen LogP contribution in [0.2, 0.25) is 0 Å². The Morgan fingerprint density at radius 1 is 1.17 bits per heavy atom. The van der Waals surface area contributed by atoms with Gasteiger partial charge in [-0.25, -0.2) is 13.2 Å². The van der Waals surface area contributed by atoms with E-state index < -0.39 is 16.0 Å². The van der Waals surface area contributed by atoms with Crippen LogP contribution in [0.25, 0.3) is 6.08 Å². The minimum absolute atomic E-state index is 0.00934. The summed E-state index contributed by atoms with van der Waals surface area (Å²) in [4.78, 5) is 11.5. The summed E-state index contributed by atoms with van der Waals surface area (Å²) in [6.07, 6.45) is 6.27. The molecule has 0 amide bonds. The molecule has 1 aromatic rings. The summed E-state index contributed by atoms with van der Waals surface area (Å²) >= 11 is 0. The first-order valence-electron chi connectivity index (χ1n) is 9.58. The molecule has 9 heteroatoms. The van der Waals surface area contributed by atoms with Crippen molar-refractivity contribution in [1.82, 2.24) is 4.31 Å². The molecular formula is C20H27NO7S. The fourth-order valence-electron chi connectivity index (χ4n) is 3.96. The van der Waals surface area contributed by atoms with Crippen LogP contribution in [0.15, 0.2) is 23.1 Å². The van der Waals surface area contributed by atoms with Crippen LogP contribution in [0, 0.1) is 0 Å². The van der Waals surface area contributed by atoms with Gasteiger partial charge in [-0.2, -0.15) is 4.31 Å². The average molecular weight is 426 g/mol. The van der Waals surface area contributed by atoms with Gasteiger partial charge in [0.25, 0.3) is 0 Å². The Hall–Kier alpha value is -2.10. The van der Waals surface area contributed by atoms with Gasteiger partial charge in [-0.1, -0.05) is 12.8 Å². The van der Waals surface area contributed by atoms with Gasteiger partial charge in [0.2, 0.25) is 10.0 Å². The summed E-state index contributed by atoms with van der Waals surface area (Å²) in [7, 11) is 0.243. The molecule has 1 aromatic carbocycles. The van der Waals surface area contributed by atoms with Gasteiger partial charge < -0.3 is 18.9 Å². The van der Waals surface area contributed by atoms with Crippen molar-refractivity contribution >= 4 is 22.1 Å². The Morgan fingerprint density at radius 3 is 2.62 bits per heavy atom. The third kappa shape index (κ3) is 4.41. The van der Waals surface area contributed by atoms with Gasteiger partial charge in [-0.05, 0) is 36.6 Å². The fourth-order valence-corrected chi connectivity index (χ4v) is 5.82. The third-order valence-corrected chi connectivity index (χ3v) is 7.28. The molecule has 0 N–H and O–H groups in total. The van der Waals surface area contributed by atoms with E-state index in [2.05, 4.69) is 4.74 Å². The van der Waals surface area contributed by atoms with Gasteiger partial charge in [0.15, 0.2) is 11.5 Å². The van der Waals surface area contributed by atoms with Crippen LogP contribution in [0.5, 0.6) is 11.5 Å². The van der Waals surface area contributed by atoms with E-state index in [0.717, 1.165) is 25.7 Å². The number of hydrogen-bond acceptors (Lipinski definition) is 7. The largest absolute Gasteiger partial charge is 0.493 e. The molecular weight excluding hydrogens is 398 g/mol. The predicted molar refractivity (Wildman–Crippen MR) is 106 cm³/mol. The molecule has 2 atom stereocenters. The van der Waals surface area contributed by atoms with E-state index >= 15 is 0 Å². The van der Waals surface area contributed by atoms with E-state index in [1.54, 1.807) is 6.07 Å². The van der Waals surface area contributed by atoms with Gasteiger partial charge in [0.1, 0.15) is 4.90 Å². The van der Waals surface area contributed by atoms with E-state index in [1.165, 1.54) is 43.9 Å². The highest BCUT2D eigenvalue weighted by molar-refractivity contribution is 7.89. The molecule has 1 heterocycles. The second-order valence-corrected chi connectivity index (χ2v) is 8.85. The van der Waals surface area contributed by atoms with Crippen molar-refractivity contribution in [1.29, 1.82) is 0 Å². The van der Waals surface area contributed by atoms with Crippen molar-refractivity contribution in [2.45, 2.75) is 42.7 Å². The maximum Gasteiger partial charge on any atom is 0.330 e. The number of ether oxygens (including phenoxy) is 4. The number of benzene rings is 1. The second kappa shape index (κ2) is 9.15. The molecule has 0 aromatic heterocycles. The number of carbonyl (C=O) groups excluding carboxylic acids is 1. The quantitative estimate of drug-likeness (QED) is 0.510. The van der Waals surface area contributed by atoms with E-state index in [1.807, 2.05) is 0 Å². The number of hydrogen-bond donors (Lipinski definition) is 0. The Balaban J connectivity index is 2.06. The number of morpholine rings is 1.